The molecule has 5 aromatic rings. The number of aromatic nitrogens is 3. The van der Waals surface area contributed by atoms with Crippen molar-refractivity contribution in [3.63, 3.8) is 0 Å². The van der Waals surface area contributed by atoms with Crippen LogP contribution in [-0.2, 0) is 10.0 Å². The van der Waals surface area contributed by atoms with Crippen LogP contribution in [0.2, 0.25) is 0 Å². The lowest BCUT2D eigenvalue weighted by Crippen LogP contribution is -2.28. The second-order valence-corrected chi connectivity index (χ2v) is 11.1. The molecule has 1 N–H and O–H groups in total. The number of fused-ring (bicyclic) bond motifs is 2. The van der Waals surface area contributed by atoms with Crippen LogP contribution in [0.3, 0.4) is 0 Å². The standard InChI is InChI=1S/C26H21FN4O5S2/c1-15-9-18(36-8-7-29-38(33,34)19-5-3-17(27)4-6-19)12-22-24(15)31-26(37-22)20-10-16(14-32)11-21-25(20)28-13-23(30-21)35-2/h3-6,9-14,29H,7-8H2,1-2H3. The van der Waals surface area contributed by atoms with E-state index >= 15 is 0 Å². The fourth-order valence-corrected chi connectivity index (χ4v) is 5.97. The number of rotatable bonds is 9. The van der Waals surface area contributed by atoms with E-state index in [4.69, 9.17) is 14.5 Å². The Labute approximate surface area is 221 Å². The Morgan fingerprint density at radius 1 is 1.08 bits per heavy atom. The molecule has 0 aliphatic heterocycles. The van der Waals surface area contributed by atoms with Crippen molar-refractivity contribution in [2.75, 3.05) is 20.3 Å². The predicted molar refractivity (Wildman–Crippen MR) is 142 cm³/mol. The summed E-state index contributed by atoms with van der Waals surface area (Å²) in [5.41, 5.74) is 3.89. The molecule has 0 saturated carbocycles. The van der Waals surface area contributed by atoms with Gasteiger partial charge in [0.05, 0.1) is 39.5 Å². The number of hydrogen-bond donors (Lipinski definition) is 1. The first-order valence-electron chi connectivity index (χ1n) is 11.4. The lowest BCUT2D eigenvalue weighted by molar-refractivity contribution is 0.112. The van der Waals surface area contributed by atoms with Gasteiger partial charge < -0.3 is 9.47 Å². The molecule has 0 spiro atoms. The van der Waals surface area contributed by atoms with Gasteiger partial charge in [0.1, 0.15) is 29.5 Å². The van der Waals surface area contributed by atoms with E-state index in [2.05, 4.69) is 14.7 Å². The average molecular weight is 553 g/mol. The third-order valence-electron chi connectivity index (χ3n) is 5.67. The van der Waals surface area contributed by atoms with E-state index in [9.17, 15) is 17.6 Å². The van der Waals surface area contributed by atoms with Crippen molar-refractivity contribution in [1.82, 2.24) is 19.7 Å². The van der Waals surface area contributed by atoms with Crippen LogP contribution >= 0.6 is 11.3 Å². The van der Waals surface area contributed by atoms with Crippen molar-refractivity contribution in [2.24, 2.45) is 0 Å². The lowest BCUT2D eigenvalue weighted by Gasteiger charge is -2.09. The van der Waals surface area contributed by atoms with Gasteiger partial charge in [0.2, 0.25) is 15.9 Å². The van der Waals surface area contributed by atoms with Crippen LogP contribution in [0.5, 0.6) is 11.6 Å². The number of halogens is 1. The Bertz CT molecular complexity index is 1770. The van der Waals surface area contributed by atoms with Gasteiger partial charge in [0.15, 0.2) is 0 Å². The molecule has 9 nitrogen and oxygen atoms in total. The third kappa shape index (κ3) is 5.19. The minimum atomic E-state index is -3.78. The molecule has 38 heavy (non-hydrogen) atoms. The molecule has 0 bridgehead atoms. The maximum Gasteiger partial charge on any atom is 0.240 e. The molecule has 0 aliphatic carbocycles. The number of benzene rings is 3. The highest BCUT2D eigenvalue weighted by molar-refractivity contribution is 7.89. The molecule has 0 saturated heterocycles. The van der Waals surface area contributed by atoms with Crippen molar-refractivity contribution >= 4 is 48.9 Å². The quantitative estimate of drug-likeness (QED) is 0.209. The SMILES string of the molecule is COc1cnc2c(-c3nc4c(C)cc(OCCNS(=O)(=O)c5ccc(F)cc5)cc4s3)cc(C=O)cc2n1. The van der Waals surface area contributed by atoms with Crippen LogP contribution in [-0.4, -0.2) is 49.9 Å². The van der Waals surface area contributed by atoms with Gasteiger partial charge in [-0.1, -0.05) is 0 Å². The average Bonchev–Trinajstić information content (AvgIpc) is 3.35. The maximum atomic E-state index is 13.1. The van der Waals surface area contributed by atoms with Gasteiger partial charge in [-0.25, -0.2) is 32.5 Å². The Hall–Kier alpha value is -4.00. The zero-order valence-corrected chi connectivity index (χ0v) is 21.9. The normalized spacial score (nSPS) is 11.7. The lowest BCUT2D eigenvalue weighted by atomic mass is 10.1. The van der Waals surface area contributed by atoms with Gasteiger partial charge >= 0.3 is 0 Å². The van der Waals surface area contributed by atoms with Gasteiger partial charge in [0, 0.05) is 17.7 Å². The first-order valence-corrected chi connectivity index (χ1v) is 13.7. The molecule has 3 aromatic carbocycles. The molecule has 5 rings (SSSR count). The summed E-state index contributed by atoms with van der Waals surface area (Å²) in [5.74, 6) is 0.387. The van der Waals surface area contributed by atoms with Crippen LogP contribution in [0.4, 0.5) is 4.39 Å². The molecular formula is C26H21FN4O5S2. The second kappa shape index (κ2) is 10.4. The van der Waals surface area contributed by atoms with Crippen LogP contribution in [0.25, 0.3) is 31.8 Å². The van der Waals surface area contributed by atoms with E-state index in [0.717, 1.165) is 34.2 Å². The first-order chi connectivity index (χ1) is 18.3. The minimum Gasteiger partial charge on any atom is -0.492 e. The Morgan fingerprint density at radius 3 is 2.61 bits per heavy atom. The summed E-state index contributed by atoms with van der Waals surface area (Å²) in [6.45, 7) is 2.01. The Balaban J connectivity index is 1.37. The highest BCUT2D eigenvalue weighted by Crippen LogP contribution is 2.37. The van der Waals surface area contributed by atoms with Gasteiger partial charge in [0.25, 0.3) is 0 Å². The van der Waals surface area contributed by atoms with Crippen molar-refractivity contribution < 1.29 is 27.1 Å². The molecule has 0 amide bonds. The number of aryl methyl sites for hydroxylation is 1. The maximum absolute atomic E-state index is 13.1. The molecule has 0 fully saturated rings. The largest absolute Gasteiger partial charge is 0.492 e. The Morgan fingerprint density at radius 2 is 1.87 bits per heavy atom. The summed E-state index contributed by atoms with van der Waals surface area (Å²) in [4.78, 5) is 25.2. The molecule has 194 valence electrons. The van der Waals surface area contributed by atoms with Crippen molar-refractivity contribution in [3.8, 4) is 22.2 Å². The summed E-state index contributed by atoms with van der Waals surface area (Å²) >= 11 is 1.42. The van der Waals surface area contributed by atoms with Crippen molar-refractivity contribution in [2.45, 2.75) is 11.8 Å². The predicted octanol–water partition coefficient (Wildman–Crippen LogP) is 4.53. The molecular weight excluding hydrogens is 531 g/mol. The summed E-state index contributed by atoms with van der Waals surface area (Å²) in [6.07, 6.45) is 2.26. The van der Waals surface area contributed by atoms with E-state index in [1.807, 2.05) is 19.1 Å². The minimum absolute atomic E-state index is 0.0251. The van der Waals surface area contributed by atoms with Crippen molar-refractivity contribution in [1.29, 1.82) is 0 Å². The van der Waals surface area contributed by atoms with E-state index in [1.165, 1.54) is 36.8 Å². The van der Waals surface area contributed by atoms with E-state index in [1.54, 1.807) is 12.1 Å². The third-order valence-corrected chi connectivity index (χ3v) is 8.18. The van der Waals surface area contributed by atoms with Crippen molar-refractivity contribution in [3.05, 3.63) is 71.7 Å². The van der Waals surface area contributed by atoms with Gasteiger partial charge in [-0.05, 0) is 61.0 Å². The molecule has 0 unspecified atom stereocenters. The number of carbonyl (C=O) groups excluding carboxylic acids is 1. The molecule has 2 aromatic heterocycles. The van der Waals surface area contributed by atoms with Gasteiger partial charge in [-0.15, -0.1) is 11.3 Å². The van der Waals surface area contributed by atoms with Crippen LogP contribution in [0.1, 0.15) is 15.9 Å². The molecule has 0 aliphatic rings. The van der Waals surface area contributed by atoms with Crippen LogP contribution in [0.15, 0.2) is 59.6 Å². The molecule has 12 heteroatoms. The fraction of sp³-hybridized carbons (Fsp3) is 0.154. The number of hydrogen-bond acceptors (Lipinski definition) is 9. The number of nitrogens with zero attached hydrogens (tertiary/aromatic N) is 3. The molecule has 2 heterocycles. The summed E-state index contributed by atoms with van der Waals surface area (Å²) < 4.78 is 52.1. The smallest absolute Gasteiger partial charge is 0.240 e. The topological polar surface area (TPSA) is 120 Å². The van der Waals surface area contributed by atoms with Gasteiger partial charge in [-0.2, -0.15) is 0 Å². The number of aldehydes is 1. The van der Waals surface area contributed by atoms with E-state index in [0.29, 0.717) is 38.8 Å². The number of carbonyl (C=O) groups is 1. The fourth-order valence-electron chi connectivity index (χ4n) is 3.86. The first kappa shape index (κ1) is 25.6. The highest BCUT2D eigenvalue weighted by Gasteiger charge is 2.17. The Kier molecular flexibility index (Phi) is 7.02. The van der Waals surface area contributed by atoms with E-state index in [-0.39, 0.29) is 18.0 Å². The monoisotopic (exact) mass is 552 g/mol. The summed E-state index contributed by atoms with van der Waals surface area (Å²) in [7, 11) is -2.28. The highest BCUT2D eigenvalue weighted by atomic mass is 32.2. The van der Waals surface area contributed by atoms with Crippen LogP contribution in [0, 0.1) is 12.7 Å². The number of methoxy groups -OCH3 is 1. The summed E-state index contributed by atoms with van der Waals surface area (Å²) in [6, 6.07) is 11.6. The van der Waals surface area contributed by atoms with Gasteiger partial charge in [-0.3, -0.25) is 4.79 Å². The number of thiazole rings is 1. The summed E-state index contributed by atoms with van der Waals surface area (Å²) in [5, 5.41) is 0.667. The molecule has 0 atom stereocenters. The zero-order chi connectivity index (χ0) is 26.9. The van der Waals surface area contributed by atoms with E-state index < -0.39 is 15.8 Å². The van der Waals surface area contributed by atoms with Crippen LogP contribution < -0.4 is 14.2 Å². The molecule has 0 radical (unpaired) electrons. The number of nitrogens with one attached hydrogen (secondary N) is 1. The second-order valence-electron chi connectivity index (χ2n) is 8.27. The number of sulfonamides is 1. The number of ether oxygens (including phenoxy) is 2. The zero-order valence-electron chi connectivity index (χ0n) is 20.3.